The summed E-state index contributed by atoms with van der Waals surface area (Å²) in [4.78, 5) is 11.8. The van der Waals surface area contributed by atoms with Crippen LogP contribution < -0.4 is 24.0 Å². The third-order valence-corrected chi connectivity index (χ3v) is 3.42. The molecule has 0 aliphatic heterocycles. The highest BCUT2D eigenvalue weighted by atomic mass is 32.2. The Morgan fingerprint density at radius 3 is 2.27 bits per heavy atom. The molecule has 26 heavy (non-hydrogen) atoms. The van der Waals surface area contributed by atoms with Crippen molar-refractivity contribution in [1.82, 2.24) is 5.32 Å². The minimum absolute atomic E-state index is 0.147. The number of benzene rings is 1. The fraction of sp³-hybridized carbons (Fsp3) is 0.231. The summed E-state index contributed by atoms with van der Waals surface area (Å²) in [5.41, 5.74) is -0.117. The van der Waals surface area contributed by atoms with Crippen molar-refractivity contribution in [2.75, 3.05) is 6.54 Å². The Balaban J connectivity index is 3.33. The molecule has 1 amide bonds. The van der Waals surface area contributed by atoms with Crippen LogP contribution in [0.4, 0.5) is 0 Å². The van der Waals surface area contributed by atoms with Crippen molar-refractivity contribution in [2.45, 2.75) is 13.3 Å². The summed E-state index contributed by atoms with van der Waals surface area (Å²) < 4.78 is 53.2. The third kappa shape index (κ3) is 7.49. The molecule has 0 saturated heterocycles. The minimum Gasteiger partial charge on any atom is -0.367 e. The molecular formula is C13H16N4O7S2. The van der Waals surface area contributed by atoms with E-state index in [-0.39, 0.29) is 11.1 Å². The quantitative estimate of drug-likeness (QED) is 0.373. The Kier molecular flexibility index (Phi) is 7.10. The van der Waals surface area contributed by atoms with Gasteiger partial charge in [0.1, 0.15) is 11.6 Å². The fourth-order valence-electron chi connectivity index (χ4n) is 1.65. The van der Waals surface area contributed by atoms with Gasteiger partial charge in [-0.1, -0.05) is 13.0 Å². The molecule has 0 unspecified atom stereocenters. The lowest BCUT2D eigenvalue weighted by molar-refractivity contribution is -0.117. The van der Waals surface area contributed by atoms with E-state index in [1.807, 2.05) is 6.92 Å². The molecule has 0 bridgehead atoms. The van der Waals surface area contributed by atoms with Gasteiger partial charge in [-0.2, -0.15) is 32.4 Å². The maximum Gasteiger partial charge on any atom is 0.380 e. The molecule has 5 N–H and O–H groups in total. The van der Waals surface area contributed by atoms with Crippen molar-refractivity contribution in [1.29, 1.82) is 5.26 Å². The van der Waals surface area contributed by atoms with Crippen molar-refractivity contribution in [3.05, 3.63) is 29.3 Å². The maximum atomic E-state index is 11.8. The predicted molar refractivity (Wildman–Crippen MR) is 90.8 cm³/mol. The minimum atomic E-state index is -4.52. The zero-order chi connectivity index (χ0) is 20.0. The first kappa shape index (κ1) is 21.4. The molecule has 0 aliphatic carbocycles. The van der Waals surface area contributed by atoms with E-state index in [9.17, 15) is 21.6 Å². The summed E-state index contributed by atoms with van der Waals surface area (Å²) in [5.74, 6) is -1.78. The second-order valence-electron chi connectivity index (χ2n) is 4.78. The number of nitrogens with one attached hydrogen (secondary N) is 1. The molecule has 11 nitrogen and oxygen atoms in total. The number of nitriles is 1. The van der Waals surface area contributed by atoms with Crippen molar-refractivity contribution in [3.8, 4) is 17.6 Å². The predicted octanol–water partition coefficient (Wildman–Crippen LogP) is -0.716. The van der Waals surface area contributed by atoms with Gasteiger partial charge in [0.25, 0.3) is 5.91 Å². The van der Waals surface area contributed by atoms with Crippen LogP contribution in [-0.4, -0.2) is 29.3 Å². The Morgan fingerprint density at radius 1 is 1.19 bits per heavy atom. The molecule has 142 valence electrons. The van der Waals surface area contributed by atoms with Crippen LogP contribution in [0, 0.1) is 11.3 Å². The van der Waals surface area contributed by atoms with E-state index in [2.05, 4.69) is 13.7 Å². The van der Waals surface area contributed by atoms with Crippen LogP contribution >= 0.6 is 0 Å². The Morgan fingerprint density at radius 2 is 1.77 bits per heavy atom. The van der Waals surface area contributed by atoms with Gasteiger partial charge in [-0.25, -0.2) is 0 Å². The highest BCUT2D eigenvalue weighted by Gasteiger charge is 2.17. The highest BCUT2D eigenvalue weighted by Crippen LogP contribution is 2.30. The van der Waals surface area contributed by atoms with E-state index >= 15 is 0 Å². The average molecular weight is 404 g/mol. The van der Waals surface area contributed by atoms with Crippen LogP contribution in [0.2, 0.25) is 0 Å². The van der Waals surface area contributed by atoms with E-state index in [4.69, 9.17) is 15.5 Å². The first-order valence-electron chi connectivity index (χ1n) is 6.93. The monoisotopic (exact) mass is 404 g/mol. The lowest BCUT2D eigenvalue weighted by Crippen LogP contribution is -2.25. The Bertz CT molecular complexity index is 963. The molecule has 1 aromatic carbocycles. The molecular weight excluding hydrogens is 388 g/mol. The van der Waals surface area contributed by atoms with Crippen molar-refractivity contribution in [3.63, 3.8) is 0 Å². The van der Waals surface area contributed by atoms with Gasteiger partial charge in [0, 0.05) is 6.54 Å². The number of carbonyl (C=O) groups excluding carboxylic acids is 1. The van der Waals surface area contributed by atoms with Gasteiger partial charge in [-0.05, 0) is 30.2 Å². The zero-order valence-corrected chi connectivity index (χ0v) is 15.1. The van der Waals surface area contributed by atoms with E-state index < -0.39 is 38.0 Å². The maximum absolute atomic E-state index is 11.8. The van der Waals surface area contributed by atoms with Crippen LogP contribution in [0.3, 0.4) is 0 Å². The van der Waals surface area contributed by atoms with Crippen LogP contribution in [0.1, 0.15) is 18.9 Å². The van der Waals surface area contributed by atoms with Gasteiger partial charge in [0.15, 0.2) is 11.5 Å². The zero-order valence-electron chi connectivity index (χ0n) is 13.5. The van der Waals surface area contributed by atoms with Gasteiger partial charge in [0.05, 0.1) is 0 Å². The average Bonchev–Trinajstić information content (AvgIpc) is 2.49. The Hall–Kier alpha value is -2.66. The molecule has 0 spiro atoms. The largest absolute Gasteiger partial charge is 0.380 e. The van der Waals surface area contributed by atoms with Crippen LogP contribution in [0.25, 0.3) is 6.08 Å². The SMILES string of the molecule is CCCNC(=O)/C(C#N)=C/c1ccc(OS(N)(=O)=O)c(OS(N)(=O)=O)c1. The Labute approximate surface area is 150 Å². The molecule has 0 aromatic heterocycles. The molecule has 0 saturated carbocycles. The number of nitrogens with zero attached hydrogens (tertiary/aromatic N) is 1. The van der Waals surface area contributed by atoms with E-state index in [0.717, 1.165) is 18.2 Å². The first-order valence-corrected chi connectivity index (χ1v) is 9.88. The topological polar surface area (TPSA) is 192 Å². The van der Waals surface area contributed by atoms with E-state index in [0.29, 0.717) is 13.0 Å². The molecule has 1 rings (SSSR count). The van der Waals surface area contributed by atoms with Crippen LogP contribution in [-0.2, 0) is 25.4 Å². The number of nitrogens with two attached hydrogens (primary N) is 2. The number of amides is 1. The van der Waals surface area contributed by atoms with Crippen LogP contribution in [0.15, 0.2) is 23.8 Å². The van der Waals surface area contributed by atoms with E-state index in [1.54, 1.807) is 6.07 Å². The summed E-state index contributed by atoms with van der Waals surface area (Å²) in [6.07, 6.45) is 1.80. The third-order valence-electron chi connectivity index (χ3n) is 2.59. The van der Waals surface area contributed by atoms with Gasteiger partial charge in [-0.3, -0.25) is 4.79 Å². The van der Waals surface area contributed by atoms with Gasteiger partial charge >= 0.3 is 20.6 Å². The summed E-state index contributed by atoms with van der Waals surface area (Å²) in [6, 6.07) is 4.98. The van der Waals surface area contributed by atoms with Crippen molar-refractivity contribution in [2.24, 2.45) is 10.3 Å². The molecule has 13 heteroatoms. The van der Waals surface area contributed by atoms with Crippen molar-refractivity contribution < 1.29 is 30.0 Å². The smallest absolute Gasteiger partial charge is 0.367 e. The number of hydrogen-bond acceptors (Lipinski definition) is 8. The number of rotatable bonds is 8. The van der Waals surface area contributed by atoms with Crippen LogP contribution in [0.5, 0.6) is 11.5 Å². The molecule has 0 heterocycles. The lowest BCUT2D eigenvalue weighted by atomic mass is 10.1. The standard InChI is InChI=1S/C13H16N4O7S2/c1-2-5-17-13(18)10(8-14)6-9-3-4-11(23-25(15,19)20)12(7-9)24-26(16,21)22/h3-4,6-7H,2,5H2,1H3,(H,17,18)(H2,15,19,20)(H2,16,21,22)/b10-6+. The normalized spacial score (nSPS) is 12.2. The first-order chi connectivity index (χ1) is 11.9. The molecule has 0 atom stereocenters. The highest BCUT2D eigenvalue weighted by molar-refractivity contribution is 7.85. The number of hydrogen-bond donors (Lipinski definition) is 3. The van der Waals surface area contributed by atoms with Gasteiger partial charge in [0.2, 0.25) is 0 Å². The second-order valence-corrected chi connectivity index (χ2v) is 7.09. The lowest BCUT2D eigenvalue weighted by Gasteiger charge is -2.10. The molecule has 0 fully saturated rings. The molecule has 1 aromatic rings. The summed E-state index contributed by atoms with van der Waals surface area (Å²) in [6.45, 7) is 2.19. The molecule has 0 radical (unpaired) electrons. The summed E-state index contributed by atoms with van der Waals surface area (Å²) in [5, 5.41) is 21.1. The fourth-order valence-corrected chi connectivity index (χ4v) is 2.42. The van der Waals surface area contributed by atoms with E-state index in [1.165, 1.54) is 6.07 Å². The van der Waals surface area contributed by atoms with Crippen molar-refractivity contribution >= 4 is 32.6 Å². The van der Waals surface area contributed by atoms with Gasteiger partial charge in [-0.15, -0.1) is 0 Å². The summed E-state index contributed by atoms with van der Waals surface area (Å²) >= 11 is 0. The second kappa shape index (κ2) is 8.63. The molecule has 0 aliphatic rings. The number of carbonyl (C=O) groups is 1. The van der Waals surface area contributed by atoms with Gasteiger partial charge < -0.3 is 13.7 Å². The summed E-state index contributed by atoms with van der Waals surface area (Å²) in [7, 11) is -8.98.